The van der Waals surface area contributed by atoms with Crippen molar-refractivity contribution in [2.45, 2.75) is 6.61 Å². The molecular formula is C25H23Cl2N3O5. The monoisotopic (exact) mass is 515 g/mol. The van der Waals surface area contributed by atoms with E-state index in [1.807, 2.05) is 18.2 Å². The van der Waals surface area contributed by atoms with Crippen LogP contribution in [0.2, 0.25) is 10.0 Å². The topological polar surface area (TPSA) is 98.2 Å². The number of ether oxygens (including phenoxy) is 3. The number of benzene rings is 3. The van der Waals surface area contributed by atoms with Crippen LogP contribution in [-0.2, 0) is 11.4 Å². The van der Waals surface area contributed by atoms with Crippen LogP contribution >= 0.6 is 23.2 Å². The SMILES string of the molecule is COc1ccc(C(=O)NCC(=O)N/N=C/c2cc(Cl)ccc2OCc2ccccc2Cl)cc1OC. The Morgan fingerprint density at radius 2 is 1.69 bits per heavy atom. The Kier molecular flexibility index (Phi) is 9.34. The summed E-state index contributed by atoms with van der Waals surface area (Å²) in [5.41, 5.74) is 4.06. The molecule has 0 aliphatic heterocycles. The third-order valence-corrected chi connectivity index (χ3v) is 5.36. The molecule has 3 aromatic rings. The Morgan fingerprint density at radius 1 is 0.943 bits per heavy atom. The van der Waals surface area contributed by atoms with Crippen LogP contribution in [0.1, 0.15) is 21.5 Å². The quantitative estimate of drug-likeness (QED) is 0.306. The van der Waals surface area contributed by atoms with Crippen LogP contribution in [0.5, 0.6) is 17.2 Å². The zero-order chi connectivity index (χ0) is 25.2. The van der Waals surface area contributed by atoms with Gasteiger partial charge >= 0.3 is 0 Å². The summed E-state index contributed by atoms with van der Waals surface area (Å²) in [4.78, 5) is 24.5. The molecular weight excluding hydrogens is 493 g/mol. The smallest absolute Gasteiger partial charge is 0.259 e. The van der Waals surface area contributed by atoms with Crippen LogP contribution in [-0.4, -0.2) is 38.8 Å². The average molecular weight is 516 g/mol. The standard InChI is InChI=1S/C25H23Cl2N3O5/c1-33-22-9-7-16(12-23(22)34-2)25(32)28-14-24(31)30-29-13-18-11-19(26)8-10-21(18)35-15-17-5-3-4-6-20(17)27/h3-13H,14-15H2,1-2H3,(H,28,32)(H,30,31)/b29-13+. The van der Waals surface area contributed by atoms with Crippen LogP contribution in [0.25, 0.3) is 0 Å². The molecule has 10 heteroatoms. The van der Waals surface area contributed by atoms with Crippen molar-refractivity contribution in [2.24, 2.45) is 5.10 Å². The molecule has 0 bridgehead atoms. The van der Waals surface area contributed by atoms with Gasteiger partial charge in [-0.2, -0.15) is 5.10 Å². The summed E-state index contributed by atoms with van der Waals surface area (Å²) in [7, 11) is 2.97. The number of hydrogen-bond acceptors (Lipinski definition) is 6. The van der Waals surface area contributed by atoms with E-state index in [1.165, 1.54) is 26.5 Å². The summed E-state index contributed by atoms with van der Waals surface area (Å²) in [6, 6.07) is 17.1. The maximum atomic E-state index is 12.3. The summed E-state index contributed by atoms with van der Waals surface area (Å²) >= 11 is 12.3. The fraction of sp³-hybridized carbons (Fsp3) is 0.160. The third-order valence-electron chi connectivity index (χ3n) is 4.76. The van der Waals surface area contributed by atoms with Gasteiger partial charge in [0.2, 0.25) is 0 Å². The Morgan fingerprint density at radius 3 is 2.43 bits per heavy atom. The van der Waals surface area contributed by atoms with Crippen molar-refractivity contribution in [3.8, 4) is 17.2 Å². The molecule has 8 nitrogen and oxygen atoms in total. The van der Waals surface area contributed by atoms with E-state index in [0.29, 0.717) is 38.4 Å². The van der Waals surface area contributed by atoms with Gasteiger partial charge in [-0.3, -0.25) is 9.59 Å². The lowest BCUT2D eigenvalue weighted by molar-refractivity contribution is -0.120. The maximum absolute atomic E-state index is 12.3. The van der Waals surface area contributed by atoms with Gasteiger partial charge in [-0.25, -0.2) is 5.43 Å². The van der Waals surface area contributed by atoms with E-state index in [9.17, 15) is 9.59 Å². The van der Waals surface area contributed by atoms with E-state index in [1.54, 1.807) is 36.4 Å². The zero-order valence-corrected chi connectivity index (χ0v) is 20.5. The first kappa shape index (κ1) is 25.9. The summed E-state index contributed by atoms with van der Waals surface area (Å²) < 4.78 is 16.2. The second-order valence-corrected chi connectivity index (χ2v) is 7.95. The molecule has 3 rings (SSSR count). The maximum Gasteiger partial charge on any atom is 0.259 e. The summed E-state index contributed by atoms with van der Waals surface area (Å²) in [6.45, 7) is -0.0351. The molecule has 0 saturated carbocycles. The zero-order valence-electron chi connectivity index (χ0n) is 19.0. The molecule has 0 fully saturated rings. The van der Waals surface area contributed by atoms with Gasteiger partial charge in [-0.05, 0) is 42.5 Å². The lowest BCUT2D eigenvalue weighted by atomic mass is 10.2. The number of halogens is 2. The average Bonchev–Trinajstić information content (AvgIpc) is 2.87. The van der Waals surface area contributed by atoms with Gasteiger partial charge < -0.3 is 19.5 Å². The Labute approximate surface area is 212 Å². The van der Waals surface area contributed by atoms with Crippen molar-refractivity contribution in [3.05, 3.63) is 87.4 Å². The first-order chi connectivity index (χ1) is 16.9. The fourth-order valence-electron chi connectivity index (χ4n) is 2.98. The molecule has 3 aromatic carbocycles. The fourth-order valence-corrected chi connectivity index (χ4v) is 3.35. The minimum absolute atomic E-state index is 0.247. The minimum Gasteiger partial charge on any atom is -0.493 e. The summed E-state index contributed by atoms with van der Waals surface area (Å²) in [5.74, 6) is 0.440. The number of nitrogens with one attached hydrogen (secondary N) is 2. The molecule has 0 heterocycles. The number of methoxy groups -OCH3 is 2. The lowest BCUT2D eigenvalue weighted by Gasteiger charge is -2.11. The number of rotatable bonds is 10. The van der Waals surface area contributed by atoms with Crippen LogP contribution in [0, 0.1) is 0 Å². The van der Waals surface area contributed by atoms with Gasteiger partial charge in [0.1, 0.15) is 12.4 Å². The first-order valence-electron chi connectivity index (χ1n) is 10.4. The van der Waals surface area contributed by atoms with E-state index in [4.69, 9.17) is 37.4 Å². The molecule has 182 valence electrons. The van der Waals surface area contributed by atoms with E-state index >= 15 is 0 Å². The Bertz CT molecular complexity index is 1230. The number of nitrogens with zero attached hydrogens (tertiary/aromatic N) is 1. The third kappa shape index (κ3) is 7.37. The van der Waals surface area contributed by atoms with Crippen molar-refractivity contribution in [1.29, 1.82) is 0 Å². The summed E-state index contributed by atoms with van der Waals surface area (Å²) in [6.07, 6.45) is 1.40. The Hall–Kier alpha value is -3.75. The van der Waals surface area contributed by atoms with Crippen molar-refractivity contribution >= 4 is 41.2 Å². The number of carbonyl (C=O) groups is 2. The van der Waals surface area contributed by atoms with Gasteiger partial charge in [0.25, 0.3) is 11.8 Å². The van der Waals surface area contributed by atoms with Gasteiger partial charge in [0.15, 0.2) is 11.5 Å². The van der Waals surface area contributed by atoms with Crippen molar-refractivity contribution in [2.75, 3.05) is 20.8 Å². The highest BCUT2D eigenvalue weighted by Gasteiger charge is 2.12. The highest BCUT2D eigenvalue weighted by atomic mass is 35.5. The predicted octanol–water partition coefficient (Wildman–Crippen LogP) is 4.47. The number of hydrogen-bond donors (Lipinski definition) is 2. The largest absolute Gasteiger partial charge is 0.493 e. The van der Waals surface area contributed by atoms with E-state index in [-0.39, 0.29) is 13.2 Å². The van der Waals surface area contributed by atoms with Crippen molar-refractivity contribution in [3.63, 3.8) is 0 Å². The van der Waals surface area contributed by atoms with Gasteiger partial charge in [-0.1, -0.05) is 41.4 Å². The van der Waals surface area contributed by atoms with E-state index in [2.05, 4.69) is 15.8 Å². The van der Waals surface area contributed by atoms with Crippen LogP contribution in [0.3, 0.4) is 0 Å². The Balaban J connectivity index is 1.56. The van der Waals surface area contributed by atoms with Crippen LogP contribution < -0.4 is 25.0 Å². The molecule has 2 N–H and O–H groups in total. The van der Waals surface area contributed by atoms with Gasteiger partial charge in [0, 0.05) is 26.7 Å². The summed E-state index contributed by atoms with van der Waals surface area (Å²) in [5, 5.41) is 7.53. The van der Waals surface area contributed by atoms with Crippen molar-refractivity contribution in [1.82, 2.24) is 10.7 Å². The normalized spacial score (nSPS) is 10.6. The lowest BCUT2D eigenvalue weighted by Crippen LogP contribution is -2.34. The molecule has 0 radical (unpaired) electrons. The number of carbonyl (C=O) groups excluding carboxylic acids is 2. The second-order valence-electron chi connectivity index (χ2n) is 7.11. The molecule has 0 saturated heterocycles. The molecule has 0 aliphatic carbocycles. The molecule has 0 aliphatic rings. The highest BCUT2D eigenvalue weighted by molar-refractivity contribution is 6.31. The van der Waals surface area contributed by atoms with Gasteiger partial charge in [0.05, 0.1) is 27.0 Å². The molecule has 0 aromatic heterocycles. The van der Waals surface area contributed by atoms with E-state index in [0.717, 1.165) is 5.56 Å². The number of hydrazone groups is 1. The molecule has 35 heavy (non-hydrogen) atoms. The molecule has 0 spiro atoms. The van der Waals surface area contributed by atoms with Gasteiger partial charge in [-0.15, -0.1) is 0 Å². The van der Waals surface area contributed by atoms with Crippen LogP contribution in [0.4, 0.5) is 0 Å². The van der Waals surface area contributed by atoms with Crippen molar-refractivity contribution < 1.29 is 23.8 Å². The minimum atomic E-state index is -0.518. The molecule has 0 unspecified atom stereocenters. The second kappa shape index (κ2) is 12.6. The first-order valence-corrected chi connectivity index (χ1v) is 11.1. The van der Waals surface area contributed by atoms with Crippen LogP contribution in [0.15, 0.2) is 65.8 Å². The predicted molar refractivity (Wildman–Crippen MR) is 135 cm³/mol. The molecule has 0 atom stereocenters. The highest BCUT2D eigenvalue weighted by Crippen LogP contribution is 2.27. The van der Waals surface area contributed by atoms with E-state index < -0.39 is 11.8 Å². The number of amides is 2. The molecule has 2 amide bonds.